The molecule has 1 N–H and O–H groups in total. The van der Waals surface area contributed by atoms with Crippen LogP contribution in [0.3, 0.4) is 0 Å². The summed E-state index contributed by atoms with van der Waals surface area (Å²) in [7, 11) is 0. The first-order valence-electron chi connectivity index (χ1n) is 11.2. The van der Waals surface area contributed by atoms with Gasteiger partial charge in [-0.15, -0.1) is 11.8 Å². The van der Waals surface area contributed by atoms with Gasteiger partial charge in [-0.3, -0.25) is 9.59 Å². The Labute approximate surface area is 190 Å². The van der Waals surface area contributed by atoms with E-state index in [9.17, 15) is 9.59 Å². The molecule has 1 aliphatic rings. The van der Waals surface area contributed by atoms with Crippen molar-refractivity contribution >= 4 is 23.6 Å². The second-order valence-electron chi connectivity index (χ2n) is 8.59. The molecule has 3 rings (SSSR count). The van der Waals surface area contributed by atoms with Crippen LogP contribution in [0.5, 0.6) is 0 Å². The van der Waals surface area contributed by atoms with E-state index in [1.54, 1.807) is 16.7 Å². The van der Waals surface area contributed by atoms with Gasteiger partial charge in [0, 0.05) is 18.3 Å². The van der Waals surface area contributed by atoms with E-state index in [4.69, 9.17) is 0 Å². The molecule has 166 valence electrons. The van der Waals surface area contributed by atoms with Crippen LogP contribution in [0.2, 0.25) is 0 Å². The summed E-state index contributed by atoms with van der Waals surface area (Å²) in [6.45, 7) is 6.44. The van der Waals surface area contributed by atoms with Crippen LogP contribution in [0.15, 0.2) is 48.5 Å². The standard InChI is InChI=1S/C26H34N2O2S/c1-19-12-14-22(15-13-19)16-28(21(3)26(30)27-24-10-6-7-11-24)25(29)18-31-17-23-9-5-4-8-20(23)2/h4-5,8-9,12-15,21,24H,6-7,10-11,16-18H2,1-3H3,(H,27,30)/t21-/m0/s1. The van der Waals surface area contributed by atoms with Crippen LogP contribution in [0, 0.1) is 13.8 Å². The van der Waals surface area contributed by atoms with Gasteiger partial charge in [-0.2, -0.15) is 0 Å². The molecule has 0 unspecified atom stereocenters. The SMILES string of the molecule is Cc1ccc(CN(C(=O)CSCc2ccccc2C)[C@@H](C)C(=O)NC2CCCC2)cc1. The third kappa shape index (κ3) is 6.86. The number of amides is 2. The smallest absolute Gasteiger partial charge is 0.242 e. The molecule has 1 atom stereocenters. The molecule has 0 bridgehead atoms. The Morgan fingerprint density at radius 1 is 1.06 bits per heavy atom. The van der Waals surface area contributed by atoms with E-state index in [-0.39, 0.29) is 17.9 Å². The molecule has 2 aromatic carbocycles. The van der Waals surface area contributed by atoms with Gasteiger partial charge in [0.05, 0.1) is 5.75 Å². The maximum atomic E-state index is 13.2. The highest BCUT2D eigenvalue weighted by molar-refractivity contribution is 7.99. The number of hydrogen-bond donors (Lipinski definition) is 1. The molecule has 1 saturated carbocycles. The Hall–Kier alpha value is -2.27. The maximum absolute atomic E-state index is 13.2. The van der Waals surface area contributed by atoms with Gasteiger partial charge >= 0.3 is 0 Å². The average Bonchev–Trinajstić information content (AvgIpc) is 3.27. The summed E-state index contributed by atoms with van der Waals surface area (Å²) < 4.78 is 0. The van der Waals surface area contributed by atoms with Crippen LogP contribution in [0.4, 0.5) is 0 Å². The molecular formula is C26H34N2O2S. The number of benzene rings is 2. The van der Waals surface area contributed by atoms with Crippen molar-refractivity contribution in [2.75, 3.05) is 5.75 Å². The zero-order chi connectivity index (χ0) is 22.2. The Balaban J connectivity index is 1.65. The van der Waals surface area contributed by atoms with Gasteiger partial charge in [-0.25, -0.2) is 0 Å². The van der Waals surface area contributed by atoms with E-state index < -0.39 is 6.04 Å². The fourth-order valence-corrected chi connectivity index (χ4v) is 4.95. The van der Waals surface area contributed by atoms with Crippen molar-refractivity contribution in [1.82, 2.24) is 10.2 Å². The molecule has 1 aliphatic carbocycles. The molecule has 2 amide bonds. The van der Waals surface area contributed by atoms with Gasteiger partial charge in [0.1, 0.15) is 6.04 Å². The minimum absolute atomic E-state index is 0.00762. The van der Waals surface area contributed by atoms with E-state index in [2.05, 4.69) is 24.4 Å². The molecule has 0 aliphatic heterocycles. The summed E-state index contributed by atoms with van der Waals surface area (Å²) in [5.74, 6) is 1.12. The van der Waals surface area contributed by atoms with Gasteiger partial charge in [0.2, 0.25) is 11.8 Å². The Kier molecular flexibility index (Phi) is 8.59. The van der Waals surface area contributed by atoms with Crippen LogP contribution in [-0.4, -0.2) is 34.6 Å². The number of hydrogen-bond acceptors (Lipinski definition) is 3. The van der Waals surface area contributed by atoms with E-state index >= 15 is 0 Å². The Bertz CT molecular complexity index is 875. The highest BCUT2D eigenvalue weighted by Gasteiger charge is 2.28. The largest absolute Gasteiger partial charge is 0.352 e. The van der Waals surface area contributed by atoms with Crippen molar-refractivity contribution in [2.24, 2.45) is 0 Å². The normalized spacial score (nSPS) is 14.9. The molecule has 0 aromatic heterocycles. The summed E-state index contributed by atoms with van der Waals surface area (Å²) in [4.78, 5) is 27.9. The average molecular weight is 439 g/mol. The van der Waals surface area contributed by atoms with Crippen LogP contribution >= 0.6 is 11.8 Å². The second-order valence-corrected chi connectivity index (χ2v) is 9.58. The van der Waals surface area contributed by atoms with Gasteiger partial charge in [-0.05, 0) is 50.3 Å². The molecule has 0 spiro atoms. The van der Waals surface area contributed by atoms with Crippen molar-refractivity contribution in [3.05, 3.63) is 70.8 Å². The van der Waals surface area contributed by atoms with Crippen molar-refractivity contribution in [3.8, 4) is 0 Å². The van der Waals surface area contributed by atoms with Crippen LogP contribution in [-0.2, 0) is 21.9 Å². The first-order chi connectivity index (χ1) is 14.9. The molecule has 2 aromatic rings. The number of aryl methyl sites for hydroxylation is 2. The van der Waals surface area contributed by atoms with E-state index in [1.807, 2.05) is 50.2 Å². The number of thioether (sulfide) groups is 1. The van der Waals surface area contributed by atoms with Gasteiger partial charge in [-0.1, -0.05) is 66.9 Å². The number of rotatable bonds is 9. The number of nitrogens with zero attached hydrogens (tertiary/aromatic N) is 1. The Morgan fingerprint density at radius 3 is 2.42 bits per heavy atom. The molecule has 0 saturated heterocycles. The van der Waals surface area contributed by atoms with Crippen LogP contribution < -0.4 is 5.32 Å². The van der Waals surface area contributed by atoms with Gasteiger partial charge in [0.25, 0.3) is 0 Å². The van der Waals surface area contributed by atoms with Crippen LogP contribution in [0.25, 0.3) is 0 Å². The third-order valence-corrected chi connectivity index (χ3v) is 7.05. The van der Waals surface area contributed by atoms with E-state index in [1.165, 1.54) is 29.5 Å². The van der Waals surface area contributed by atoms with Crippen molar-refractivity contribution < 1.29 is 9.59 Å². The molecule has 1 fully saturated rings. The lowest BCUT2D eigenvalue weighted by Crippen LogP contribution is -2.50. The summed E-state index contributed by atoms with van der Waals surface area (Å²) in [5.41, 5.74) is 4.71. The zero-order valence-electron chi connectivity index (χ0n) is 18.9. The van der Waals surface area contributed by atoms with Gasteiger partial charge < -0.3 is 10.2 Å². The lowest BCUT2D eigenvalue weighted by Gasteiger charge is -2.29. The maximum Gasteiger partial charge on any atom is 0.242 e. The van der Waals surface area contributed by atoms with E-state index in [0.29, 0.717) is 12.3 Å². The lowest BCUT2D eigenvalue weighted by atomic mass is 10.1. The first kappa shape index (κ1) is 23.4. The van der Waals surface area contributed by atoms with Crippen LogP contribution in [0.1, 0.15) is 54.9 Å². The van der Waals surface area contributed by atoms with Crippen molar-refractivity contribution in [1.29, 1.82) is 0 Å². The van der Waals surface area contributed by atoms with Gasteiger partial charge in [0.15, 0.2) is 0 Å². The topological polar surface area (TPSA) is 49.4 Å². The quantitative estimate of drug-likeness (QED) is 0.598. The lowest BCUT2D eigenvalue weighted by molar-refractivity contribution is -0.138. The second kappa shape index (κ2) is 11.4. The number of carbonyl (C=O) groups excluding carboxylic acids is 2. The predicted molar refractivity (Wildman–Crippen MR) is 129 cm³/mol. The monoisotopic (exact) mass is 438 g/mol. The van der Waals surface area contributed by atoms with Crippen molar-refractivity contribution in [2.45, 2.75) is 70.8 Å². The molecule has 31 heavy (non-hydrogen) atoms. The fourth-order valence-electron chi connectivity index (χ4n) is 3.97. The highest BCUT2D eigenvalue weighted by atomic mass is 32.2. The Morgan fingerprint density at radius 2 is 1.74 bits per heavy atom. The fraction of sp³-hybridized carbons (Fsp3) is 0.462. The molecular weight excluding hydrogens is 404 g/mol. The zero-order valence-corrected chi connectivity index (χ0v) is 19.7. The summed E-state index contributed by atoms with van der Waals surface area (Å²) in [6, 6.07) is 16.2. The molecule has 0 heterocycles. The number of nitrogens with one attached hydrogen (secondary N) is 1. The summed E-state index contributed by atoms with van der Waals surface area (Å²) in [5, 5.41) is 3.16. The predicted octanol–water partition coefficient (Wildman–Crippen LogP) is 5.01. The first-order valence-corrected chi connectivity index (χ1v) is 12.4. The van der Waals surface area contributed by atoms with E-state index in [0.717, 1.165) is 24.2 Å². The van der Waals surface area contributed by atoms with Crippen molar-refractivity contribution in [3.63, 3.8) is 0 Å². The molecule has 4 nitrogen and oxygen atoms in total. The highest BCUT2D eigenvalue weighted by Crippen LogP contribution is 2.20. The minimum atomic E-state index is -0.492. The summed E-state index contributed by atoms with van der Waals surface area (Å²) in [6.07, 6.45) is 4.41. The minimum Gasteiger partial charge on any atom is -0.352 e. The summed E-state index contributed by atoms with van der Waals surface area (Å²) >= 11 is 1.61. The number of carbonyl (C=O) groups is 2. The molecule has 0 radical (unpaired) electrons. The third-order valence-electron chi connectivity index (χ3n) is 6.09. The molecule has 5 heteroatoms.